The van der Waals surface area contributed by atoms with E-state index in [1.807, 2.05) is 6.92 Å². The Balaban J connectivity index is 5.16. The van der Waals surface area contributed by atoms with E-state index in [0.29, 0.717) is 13.0 Å². The third-order valence-electron chi connectivity index (χ3n) is 9.90. The minimum absolute atomic E-state index is 0.112. The fourth-order valence-electron chi connectivity index (χ4n) is 6.51. The van der Waals surface area contributed by atoms with Gasteiger partial charge in [0.05, 0.1) is 38.9 Å². The summed E-state index contributed by atoms with van der Waals surface area (Å²) in [4.78, 5) is 61.3. The van der Waals surface area contributed by atoms with Crippen LogP contribution in [0.2, 0.25) is 0 Å². The summed E-state index contributed by atoms with van der Waals surface area (Å²) in [5.41, 5.74) is 0. The molecule has 1 unspecified atom stereocenters. The van der Waals surface area contributed by atoms with Crippen LogP contribution >= 0.6 is 0 Å². The van der Waals surface area contributed by atoms with Crippen LogP contribution in [0.4, 0.5) is 0 Å². The van der Waals surface area contributed by atoms with E-state index in [-0.39, 0.29) is 52.1 Å². The lowest BCUT2D eigenvalue weighted by Gasteiger charge is -2.27. The van der Waals surface area contributed by atoms with Crippen LogP contribution in [-0.2, 0) is 47.9 Å². The Morgan fingerprint density at radius 2 is 0.857 bits per heavy atom. The van der Waals surface area contributed by atoms with Gasteiger partial charge in [0.1, 0.15) is 19.3 Å². The number of unbranched alkanes of at least 4 members (excludes halogenated alkanes) is 22. The number of carbonyl (C=O) groups excluding carboxylic acids is 4. The fourth-order valence-corrected chi connectivity index (χ4v) is 6.51. The maximum Gasteiger partial charge on any atom is 0.342 e. The Hall–Kier alpha value is -2.24. The van der Waals surface area contributed by atoms with Crippen molar-refractivity contribution in [3.8, 4) is 0 Å². The van der Waals surface area contributed by atoms with Crippen molar-refractivity contribution in [2.75, 3.05) is 53.2 Å². The SMILES string of the molecule is CCCCCCCCCCCCCCN(CCCCCCCCCCCCCC)CC(COC(=O)CCC(=O)OOCCC)OC(=O)CCC(=O)OCCOC. The van der Waals surface area contributed by atoms with E-state index >= 15 is 0 Å². The topological polar surface area (TPSA) is 127 Å². The molecule has 0 heterocycles. The first-order valence-electron chi connectivity index (χ1n) is 22.9. The number of esters is 3. The summed E-state index contributed by atoms with van der Waals surface area (Å²) in [5.74, 6) is -2.29. The van der Waals surface area contributed by atoms with Gasteiger partial charge in [-0.15, -0.1) is 0 Å². The largest absolute Gasteiger partial charge is 0.463 e. The quantitative estimate of drug-likeness (QED) is 0.0192. The average Bonchev–Trinajstić information content (AvgIpc) is 3.19. The molecule has 56 heavy (non-hydrogen) atoms. The smallest absolute Gasteiger partial charge is 0.342 e. The standard InChI is InChI=1S/C45H85NO10/c1-5-8-10-12-14-16-18-20-22-24-26-28-34-46(35-29-27-25-23-21-19-17-15-13-11-9-6-2)39-41(55-44(49)32-30-42(47)52-38-37-51-4)40-53-43(48)31-33-45(50)56-54-36-7-3/h41H,5-40H2,1-4H3. The van der Waals surface area contributed by atoms with Crippen LogP contribution < -0.4 is 0 Å². The van der Waals surface area contributed by atoms with Crippen LogP contribution in [0.3, 0.4) is 0 Å². The lowest BCUT2D eigenvalue weighted by molar-refractivity contribution is -0.272. The maximum atomic E-state index is 12.9. The van der Waals surface area contributed by atoms with Crippen LogP contribution in [-0.4, -0.2) is 88.1 Å². The lowest BCUT2D eigenvalue weighted by Crippen LogP contribution is -2.39. The molecule has 0 N–H and O–H groups in total. The van der Waals surface area contributed by atoms with Gasteiger partial charge < -0.3 is 18.9 Å². The first kappa shape index (κ1) is 53.8. The molecule has 0 bridgehead atoms. The van der Waals surface area contributed by atoms with Gasteiger partial charge in [-0.25, -0.2) is 4.79 Å². The molecule has 11 nitrogen and oxygen atoms in total. The van der Waals surface area contributed by atoms with Gasteiger partial charge in [0.25, 0.3) is 0 Å². The highest BCUT2D eigenvalue weighted by Gasteiger charge is 2.22. The highest BCUT2D eigenvalue weighted by atomic mass is 17.2. The molecule has 1 atom stereocenters. The van der Waals surface area contributed by atoms with E-state index in [1.165, 1.54) is 136 Å². The molecule has 0 spiro atoms. The van der Waals surface area contributed by atoms with E-state index in [2.05, 4.69) is 23.6 Å². The second kappa shape index (κ2) is 42.4. The third-order valence-corrected chi connectivity index (χ3v) is 9.90. The molecular weight excluding hydrogens is 714 g/mol. The predicted molar refractivity (Wildman–Crippen MR) is 223 cm³/mol. The number of nitrogens with zero attached hydrogens (tertiary/aromatic N) is 1. The maximum absolute atomic E-state index is 12.9. The molecule has 0 saturated carbocycles. The summed E-state index contributed by atoms with van der Waals surface area (Å²) >= 11 is 0. The third kappa shape index (κ3) is 38.6. The highest BCUT2D eigenvalue weighted by molar-refractivity contribution is 5.78. The summed E-state index contributed by atoms with van der Waals surface area (Å²) < 4.78 is 21.3. The van der Waals surface area contributed by atoms with Crippen LogP contribution in [0.25, 0.3) is 0 Å². The Morgan fingerprint density at radius 1 is 0.446 bits per heavy atom. The van der Waals surface area contributed by atoms with Crippen LogP contribution in [0.15, 0.2) is 0 Å². The van der Waals surface area contributed by atoms with Crippen molar-refractivity contribution in [2.24, 2.45) is 0 Å². The number of hydrogen-bond acceptors (Lipinski definition) is 11. The molecule has 0 amide bonds. The lowest BCUT2D eigenvalue weighted by atomic mass is 10.0. The predicted octanol–water partition coefficient (Wildman–Crippen LogP) is 10.8. The van der Waals surface area contributed by atoms with Crippen molar-refractivity contribution in [1.82, 2.24) is 4.90 Å². The van der Waals surface area contributed by atoms with E-state index in [1.54, 1.807) is 0 Å². The van der Waals surface area contributed by atoms with Crippen molar-refractivity contribution in [2.45, 2.75) is 213 Å². The molecule has 0 aliphatic heterocycles. The number of carbonyl (C=O) groups is 4. The van der Waals surface area contributed by atoms with E-state index < -0.39 is 30.0 Å². The van der Waals surface area contributed by atoms with Gasteiger partial charge in [-0.1, -0.05) is 162 Å². The van der Waals surface area contributed by atoms with Gasteiger partial charge in [0, 0.05) is 13.7 Å². The molecule has 330 valence electrons. The zero-order valence-electron chi connectivity index (χ0n) is 36.6. The summed E-state index contributed by atoms with van der Waals surface area (Å²) in [6.07, 6.45) is 30.1. The van der Waals surface area contributed by atoms with Gasteiger partial charge in [-0.2, -0.15) is 4.89 Å². The summed E-state index contributed by atoms with van der Waals surface area (Å²) in [6.45, 7) is 9.10. The molecule has 0 aliphatic rings. The Labute approximate surface area is 342 Å². The van der Waals surface area contributed by atoms with Crippen molar-refractivity contribution in [1.29, 1.82) is 0 Å². The zero-order valence-corrected chi connectivity index (χ0v) is 36.6. The molecule has 0 rings (SSSR count). The van der Waals surface area contributed by atoms with Crippen LogP contribution in [0.1, 0.15) is 207 Å². The van der Waals surface area contributed by atoms with E-state index in [9.17, 15) is 19.2 Å². The average molecular weight is 800 g/mol. The van der Waals surface area contributed by atoms with Crippen LogP contribution in [0, 0.1) is 0 Å². The zero-order chi connectivity index (χ0) is 41.2. The van der Waals surface area contributed by atoms with Crippen molar-refractivity contribution in [3.05, 3.63) is 0 Å². The summed E-state index contributed by atoms with van der Waals surface area (Å²) in [7, 11) is 1.52. The van der Waals surface area contributed by atoms with Gasteiger partial charge in [-0.3, -0.25) is 24.2 Å². The van der Waals surface area contributed by atoms with Crippen molar-refractivity contribution >= 4 is 23.9 Å². The number of ether oxygens (including phenoxy) is 4. The minimum Gasteiger partial charge on any atom is -0.463 e. The number of hydrogen-bond donors (Lipinski definition) is 0. The molecule has 0 aromatic carbocycles. The monoisotopic (exact) mass is 800 g/mol. The molecule has 0 aliphatic carbocycles. The molecule has 0 aromatic heterocycles. The second-order valence-corrected chi connectivity index (χ2v) is 15.4. The molecule has 0 fully saturated rings. The fraction of sp³-hybridized carbons (Fsp3) is 0.911. The molecule has 0 aromatic rings. The minimum atomic E-state index is -0.717. The molecule has 0 saturated heterocycles. The second-order valence-electron chi connectivity index (χ2n) is 15.4. The first-order valence-corrected chi connectivity index (χ1v) is 22.9. The van der Waals surface area contributed by atoms with E-state index in [0.717, 1.165) is 38.8 Å². The number of methoxy groups -OCH3 is 1. The van der Waals surface area contributed by atoms with Gasteiger partial charge in [-0.05, 0) is 32.4 Å². The van der Waals surface area contributed by atoms with Crippen molar-refractivity contribution in [3.63, 3.8) is 0 Å². The Morgan fingerprint density at radius 3 is 1.30 bits per heavy atom. The van der Waals surface area contributed by atoms with Gasteiger partial charge in [0.2, 0.25) is 0 Å². The molecule has 0 radical (unpaired) electrons. The summed E-state index contributed by atoms with van der Waals surface area (Å²) in [6, 6.07) is 0. The van der Waals surface area contributed by atoms with Gasteiger partial charge >= 0.3 is 23.9 Å². The van der Waals surface area contributed by atoms with Crippen molar-refractivity contribution < 1.29 is 47.9 Å². The Bertz CT molecular complexity index is 889. The molecule has 11 heteroatoms. The van der Waals surface area contributed by atoms with E-state index in [4.69, 9.17) is 23.8 Å². The number of rotatable bonds is 43. The Kier molecular flexibility index (Phi) is 40.7. The van der Waals surface area contributed by atoms with Gasteiger partial charge in [0.15, 0.2) is 0 Å². The first-order chi connectivity index (χ1) is 27.4. The highest BCUT2D eigenvalue weighted by Crippen LogP contribution is 2.15. The summed E-state index contributed by atoms with van der Waals surface area (Å²) in [5, 5.41) is 0. The van der Waals surface area contributed by atoms with Crippen LogP contribution in [0.5, 0.6) is 0 Å². The molecular formula is C45H85NO10. The normalized spacial score (nSPS) is 11.8.